The average molecular weight is 420 g/mol. The molecule has 2 amide bonds. The highest BCUT2D eigenvalue weighted by Crippen LogP contribution is 2.34. The molecule has 146 valence electrons. The van der Waals surface area contributed by atoms with Crippen molar-refractivity contribution in [3.05, 3.63) is 58.2 Å². The number of carbonyl (C=O) groups excluding carboxylic acids is 2. The lowest BCUT2D eigenvalue weighted by molar-refractivity contribution is -0.117. The van der Waals surface area contributed by atoms with Crippen molar-refractivity contribution in [1.82, 2.24) is 10.3 Å². The molecule has 3 rings (SSSR count). The minimum absolute atomic E-state index is 0.0647. The zero-order valence-corrected chi connectivity index (χ0v) is 16.7. The summed E-state index contributed by atoms with van der Waals surface area (Å²) < 4.78 is 26.9. The van der Waals surface area contributed by atoms with E-state index in [0.717, 1.165) is 11.1 Å². The van der Waals surface area contributed by atoms with E-state index in [9.17, 15) is 18.0 Å². The Labute approximate surface area is 166 Å². The molecule has 0 atom stereocenters. The van der Waals surface area contributed by atoms with Gasteiger partial charge in [0.2, 0.25) is 15.7 Å². The molecule has 0 saturated carbocycles. The first kappa shape index (κ1) is 19.9. The number of hydrogen-bond donors (Lipinski definition) is 3. The van der Waals surface area contributed by atoms with Crippen molar-refractivity contribution in [2.24, 2.45) is 5.73 Å². The molecule has 1 heterocycles. The molecule has 0 bridgehead atoms. The summed E-state index contributed by atoms with van der Waals surface area (Å²) in [7, 11) is -4.07. The minimum atomic E-state index is -4.07. The number of aryl methyl sites for hydroxylation is 2. The topological polar surface area (TPSA) is 122 Å². The van der Waals surface area contributed by atoms with Crippen LogP contribution in [0.15, 0.2) is 46.2 Å². The van der Waals surface area contributed by atoms with Crippen molar-refractivity contribution in [3.8, 4) is 0 Å². The summed E-state index contributed by atoms with van der Waals surface area (Å²) >= 11 is 6.06. The number of aromatic nitrogens is 1. The predicted molar refractivity (Wildman–Crippen MR) is 106 cm³/mol. The highest BCUT2D eigenvalue weighted by atomic mass is 35.5. The van der Waals surface area contributed by atoms with Crippen molar-refractivity contribution < 1.29 is 18.0 Å². The molecule has 0 aliphatic carbocycles. The second-order valence-corrected chi connectivity index (χ2v) is 8.82. The third kappa shape index (κ3) is 3.74. The first-order chi connectivity index (χ1) is 13.1. The van der Waals surface area contributed by atoms with Gasteiger partial charge in [0.25, 0.3) is 5.91 Å². The van der Waals surface area contributed by atoms with Gasteiger partial charge in [-0.05, 0) is 55.3 Å². The van der Waals surface area contributed by atoms with Crippen molar-refractivity contribution in [3.63, 3.8) is 0 Å². The van der Waals surface area contributed by atoms with E-state index in [2.05, 4.69) is 10.3 Å². The van der Waals surface area contributed by atoms with E-state index in [1.807, 2.05) is 6.07 Å². The molecule has 0 unspecified atom stereocenters. The van der Waals surface area contributed by atoms with E-state index in [-0.39, 0.29) is 20.9 Å². The highest BCUT2D eigenvalue weighted by molar-refractivity contribution is 7.91. The van der Waals surface area contributed by atoms with E-state index >= 15 is 0 Å². The highest BCUT2D eigenvalue weighted by Gasteiger charge is 2.30. The number of aromatic amines is 1. The predicted octanol–water partition coefficient (Wildman–Crippen LogP) is 2.49. The van der Waals surface area contributed by atoms with E-state index < -0.39 is 28.2 Å². The summed E-state index contributed by atoms with van der Waals surface area (Å²) in [5, 5.41) is 2.93. The molecule has 0 fully saturated rings. The Morgan fingerprint density at radius 2 is 1.75 bits per heavy atom. The smallest absolute Gasteiger partial charge is 0.269 e. The van der Waals surface area contributed by atoms with Crippen LogP contribution in [0.25, 0.3) is 10.9 Å². The number of halogens is 1. The first-order valence-electron chi connectivity index (χ1n) is 8.30. The Hall–Kier alpha value is -2.84. The average Bonchev–Trinajstić information content (AvgIpc) is 2.98. The molecule has 0 aliphatic rings. The van der Waals surface area contributed by atoms with Gasteiger partial charge in [-0.15, -0.1) is 0 Å². The molecule has 28 heavy (non-hydrogen) atoms. The molecular weight excluding hydrogens is 402 g/mol. The second-order valence-electron chi connectivity index (χ2n) is 6.49. The van der Waals surface area contributed by atoms with Gasteiger partial charge in [-0.1, -0.05) is 17.7 Å². The number of nitrogens with one attached hydrogen (secondary N) is 2. The van der Waals surface area contributed by atoms with Gasteiger partial charge in [-0.25, -0.2) is 8.42 Å². The minimum Gasteiger partial charge on any atom is -0.368 e. The van der Waals surface area contributed by atoms with Crippen LogP contribution in [-0.2, 0) is 14.6 Å². The lowest BCUT2D eigenvalue weighted by atomic mass is 10.2. The number of sulfone groups is 1. The molecule has 3 aromatic rings. The van der Waals surface area contributed by atoms with E-state index in [1.165, 1.54) is 18.2 Å². The Morgan fingerprint density at radius 1 is 1.11 bits per heavy atom. The summed E-state index contributed by atoms with van der Waals surface area (Å²) in [6.07, 6.45) is 0. The van der Waals surface area contributed by atoms with Crippen molar-refractivity contribution in [1.29, 1.82) is 0 Å². The summed E-state index contributed by atoms with van der Waals surface area (Å²) in [5.74, 6) is -1.50. The number of H-pyrrole nitrogens is 1. The largest absolute Gasteiger partial charge is 0.368 e. The van der Waals surface area contributed by atoms with Crippen LogP contribution in [0.3, 0.4) is 0 Å². The molecule has 0 aliphatic heterocycles. The van der Waals surface area contributed by atoms with Gasteiger partial charge in [0, 0.05) is 15.9 Å². The van der Waals surface area contributed by atoms with Gasteiger partial charge in [0.05, 0.1) is 11.4 Å². The molecule has 0 saturated heterocycles. The molecule has 7 nitrogen and oxygen atoms in total. The molecular formula is C19H18ClN3O4S. The number of rotatable bonds is 5. The summed E-state index contributed by atoms with van der Waals surface area (Å²) in [6, 6.07) is 9.58. The van der Waals surface area contributed by atoms with Gasteiger partial charge in [-0.2, -0.15) is 0 Å². The number of fused-ring (bicyclic) bond motifs is 1. The van der Waals surface area contributed by atoms with Crippen LogP contribution < -0.4 is 11.1 Å². The Balaban J connectivity index is 2.27. The number of primary amides is 1. The normalized spacial score (nSPS) is 11.5. The lowest BCUT2D eigenvalue weighted by Crippen LogP contribution is -2.34. The van der Waals surface area contributed by atoms with Crippen LogP contribution in [0.1, 0.15) is 21.6 Å². The summed E-state index contributed by atoms with van der Waals surface area (Å²) in [4.78, 5) is 26.3. The summed E-state index contributed by atoms with van der Waals surface area (Å²) in [6.45, 7) is 3.16. The zero-order chi connectivity index (χ0) is 20.6. The molecule has 0 spiro atoms. The number of amides is 2. The first-order valence-corrected chi connectivity index (χ1v) is 10.2. The Bertz CT molecular complexity index is 1200. The summed E-state index contributed by atoms with van der Waals surface area (Å²) in [5.41, 5.74) is 6.86. The maximum absolute atomic E-state index is 13.5. The van der Waals surface area contributed by atoms with Gasteiger partial charge in [-0.3, -0.25) is 9.59 Å². The zero-order valence-electron chi connectivity index (χ0n) is 15.2. The quantitative estimate of drug-likeness (QED) is 0.587. The van der Waals surface area contributed by atoms with E-state index in [1.54, 1.807) is 26.0 Å². The van der Waals surface area contributed by atoms with E-state index in [4.69, 9.17) is 17.3 Å². The number of carbonyl (C=O) groups is 2. The fourth-order valence-corrected chi connectivity index (χ4v) is 5.00. The third-order valence-electron chi connectivity index (χ3n) is 4.14. The number of benzene rings is 2. The molecule has 0 radical (unpaired) electrons. The third-order valence-corrected chi connectivity index (χ3v) is 6.19. The molecule has 2 aromatic carbocycles. The second kappa shape index (κ2) is 7.29. The fraction of sp³-hybridized carbons (Fsp3) is 0.158. The van der Waals surface area contributed by atoms with Crippen LogP contribution in [-0.4, -0.2) is 31.8 Å². The number of nitrogens with two attached hydrogens (primary N) is 1. The van der Waals surface area contributed by atoms with Crippen LogP contribution in [0.4, 0.5) is 0 Å². The van der Waals surface area contributed by atoms with Gasteiger partial charge in [0.1, 0.15) is 10.6 Å². The lowest BCUT2D eigenvalue weighted by Gasteiger charge is -2.09. The SMILES string of the molecule is Cc1cc(C)cc(S(=O)(=O)c2c(C(=O)NCC(N)=O)[nH]c3ccc(Cl)cc23)c1. The molecule has 9 heteroatoms. The van der Waals surface area contributed by atoms with Crippen LogP contribution in [0.2, 0.25) is 5.02 Å². The Kier molecular flexibility index (Phi) is 5.18. The van der Waals surface area contributed by atoms with Crippen LogP contribution in [0, 0.1) is 13.8 Å². The number of hydrogen-bond acceptors (Lipinski definition) is 4. The molecule has 1 aromatic heterocycles. The van der Waals surface area contributed by atoms with Crippen molar-refractivity contribution >= 4 is 44.2 Å². The van der Waals surface area contributed by atoms with Crippen molar-refractivity contribution in [2.75, 3.05) is 6.54 Å². The maximum Gasteiger partial charge on any atom is 0.269 e. The monoisotopic (exact) mass is 419 g/mol. The van der Waals surface area contributed by atoms with Gasteiger partial charge >= 0.3 is 0 Å². The molecule has 4 N–H and O–H groups in total. The van der Waals surface area contributed by atoms with Crippen molar-refractivity contribution in [2.45, 2.75) is 23.6 Å². The van der Waals surface area contributed by atoms with Crippen LogP contribution in [0.5, 0.6) is 0 Å². The Morgan fingerprint density at radius 3 is 2.36 bits per heavy atom. The van der Waals surface area contributed by atoms with Gasteiger partial charge < -0.3 is 16.0 Å². The maximum atomic E-state index is 13.5. The van der Waals surface area contributed by atoms with Crippen LogP contribution >= 0.6 is 11.6 Å². The van der Waals surface area contributed by atoms with E-state index in [0.29, 0.717) is 10.5 Å². The van der Waals surface area contributed by atoms with Gasteiger partial charge in [0.15, 0.2) is 0 Å². The fourth-order valence-electron chi connectivity index (χ4n) is 3.04. The standard InChI is InChI=1S/C19H18ClN3O4S/c1-10-5-11(2)7-13(6-10)28(26,27)18-14-8-12(20)3-4-15(14)23-17(18)19(25)22-9-16(21)24/h3-8,23H,9H2,1-2H3,(H2,21,24)(H,22,25).